The summed E-state index contributed by atoms with van der Waals surface area (Å²) in [5, 5.41) is 13.5. The summed E-state index contributed by atoms with van der Waals surface area (Å²) in [4.78, 5) is 8.33. The maximum Gasteiger partial charge on any atom is 0.211 e. The minimum absolute atomic E-state index is 0.00244. The second-order valence-corrected chi connectivity index (χ2v) is 3.83. The zero-order chi connectivity index (χ0) is 11.8. The molecule has 1 N–H and O–H groups in total. The van der Waals surface area contributed by atoms with Gasteiger partial charge in [0.15, 0.2) is 0 Å². The molecule has 0 atom stereocenters. The fourth-order valence-corrected chi connectivity index (χ4v) is 1.72. The smallest absolute Gasteiger partial charge is 0.211 e. The van der Waals surface area contributed by atoms with Gasteiger partial charge in [0, 0.05) is 36.6 Å². The van der Waals surface area contributed by atoms with Crippen LogP contribution >= 0.6 is 0 Å². The van der Waals surface area contributed by atoms with Crippen molar-refractivity contribution in [3.05, 3.63) is 36.8 Å². The highest BCUT2D eigenvalue weighted by atomic mass is 16.3. The molecule has 3 aromatic heterocycles. The number of aromatic hydroxyl groups is 1. The fourth-order valence-electron chi connectivity index (χ4n) is 1.72. The molecule has 3 aromatic rings. The van der Waals surface area contributed by atoms with Crippen LogP contribution in [-0.2, 0) is 7.05 Å². The van der Waals surface area contributed by atoms with Crippen LogP contribution in [0.1, 0.15) is 0 Å². The van der Waals surface area contributed by atoms with Crippen LogP contribution in [0.15, 0.2) is 36.8 Å². The molecule has 84 valence electrons. The highest BCUT2D eigenvalue weighted by molar-refractivity contribution is 5.80. The van der Waals surface area contributed by atoms with Crippen LogP contribution in [0.3, 0.4) is 0 Å². The van der Waals surface area contributed by atoms with E-state index < -0.39 is 0 Å². The lowest BCUT2D eigenvalue weighted by molar-refractivity contribution is 0.456. The molecule has 0 aliphatic carbocycles. The third kappa shape index (κ3) is 1.71. The Kier molecular flexibility index (Phi) is 2.04. The quantitative estimate of drug-likeness (QED) is 0.686. The highest BCUT2D eigenvalue weighted by Gasteiger charge is 2.04. The molecule has 0 fully saturated rings. The highest BCUT2D eigenvalue weighted by Crippen LogP contribution is 2.22. The predicted molar refractivity (Wildman–Crippen MR) is 63.4 cm³/mol. The van der Waals surface area contributed by atoms with E-state index in [0.29, 0.717) is 5.52 Å². The van der Waals surface area contributed by atoms with Crippen LogP contribution in [-0.4, -0.2) is 24.9 Å². The molecule has 3 rings (SSSR count). The van der Waals surface area contributed by atoms with E-state index in [4.69, 9.17) is 0 Å². The summed E-state index contributed by atoms with van der Waals surface area (Å²) in [6.45, 7) is 0. The standard InChI is InChI=1S/C12H10N4O/c1-16-7-9(6-14-16)8-4-11-10(13-5-8)2-3-12(17)15-11/h2-7H,1H3,(H,15,17). The lowest BCUT2D eigenvalue weighted by atomic mass is 10.1. The molecule has 5 heteroatoms. The zero-order valence-electron chi connectivity index (χ0n) is 9.20. The van der Waals surface area contributed by atoms with Gasteiger partial charge in [-0.25, -0.2) is 4.98 Å². The maximum atomic E-state index is 9.34. The lowest BCUT2D eigenvalue weighted by Crippen LogP contribution is -1.86. The third-order valence-corrected chi connectivity index (χ3v) is 2.56. The van der Waals surface area contributed by atoms with E-state index in [0.717, 1.165) is 16.6 Å². The second-order valence-electron chi connectivity index (χ2n) is 3.83. The van der Waals surface area contributed by atoms with E-state index in [9.17, 15) is 5.11 Å². The maximum absolute atomic E-state index is 9.34. The predicted octanol–water partition coefficient (Wildman–Crippen LogP) is 1.74. The van der Waals surface area contributed by atoms with Crippen molar-refractivity contribution in [2.75, 3.05) is 0 Å². The van der Waals surface area contributed by atoms with Gasteiger partial charge in [-0.2, -0.15) is 5.10 Å². The Bertz CT molecular complexity index is 690. The molecule has 0 aliphatic heterocycles. The minimum atomic E-state index is 0.00244. The molecule has 0 aromatic carbocycles. The molecule has 5 nitrogen and oxygen atoms in total. The van der Waals surface area contributed by atoms with Crippen molar-refractivity contribution >= 4 is 11.0 Å². The molecule has 0 bridgehead atoms. The fraction of sp³-hybridized carbons (Fsp3) is 0.0833. The van der Waals surface area contributed by atoms with Crippen molar-refractivity contribution in [2.24, 2.45) is 7.05 Å². The monoisotopic (exact) mass is 226 g/mol. The third-order valence-electron chi connectivity index (χ3n) is 2.56. The van der Waals surface area contributed by atoms with E-state index >= 15 is 0 Å². The van der Waals surface area contributed by atoms with Crippen LogP contribution in [0.4, 0.5) is 0 Å². The van der Waals surface area contributed by atoms with Crippen molar-refractivity contribution < 1.29 is 5.11 Å². The van der Waals surface area contributed by atoms with Gasteiger partial charge in [-0.15, -0.1) is 0 Å². The molecular weight excluding hydrogens is 216 g/mol. The summed E-state index contributed by atoms with van der Waals surface area (Å²) < 4.78 is 1.73. The van der Waals surface area contributed by atoms with Crippen molar-refractivity contribution in [2.45, 2.75) is 0 Å². The van der Waals surface area contributed by atoms with Crippen molar-refractivity contribution in [3.8, 4) is 17.0 Å². The second kappa shape index (κ2) is 3.55. The minimum Gasteiger partial charge on any atom is -0.493 e. The van der Waals surface area contributed by atoms with Crippen LogP contribution in [0.5, 0.6) is 5.88 Å². The van der Waals surface area contributed by atoms with E-state index in [1.165, 1.54) is 6.07 Å². The summed E-state index contributed by atoms with van der Waals surface area (Å²) in [7, 11) is 1.86. The van der Waals surface area contributed by atoms with Gasteiger partial charge in [0.2, 0.25) is 5.88 Å². The number of nitrogens with zero attached hydrogens (tertiary/aromatic N) is 4. The lowest BCUT2D eigenvalue weighted by Gasteiger charge is -2.00. The van der Waals surface area contributed by atoms with Gasteiger partial charge in [-0.1, -0.05) is 0 Å². The van der Waals surface area contributed by atoms with Crippen LogP contribution in [0.25, 0.3) is 22.2 Å². The number of rotatable bonds is 1. The molecule has 0 unspecified atom stereocenters. The van der Waals surface area contributed by atoms with Crippen LogP contribution in [0.2, 0.25) is 0 Å². The van der Waals surface area contributed by atoms with E-state index in [2.05, 4.69) is 15.1 Å². The largest absolute Gasteiger partial charge is 0.493 e. The first-order valence-electron chi connectivity index (χ1n) is 5.17. The molecule has 0 radical (unpaired) electrons. The first kappa shape index (κ1) is 9.77. The average molecular weight is 226 g/mol. The molecule has 0 spiro atoms. The molecule has 0 amide bonds. The summed E-state index contributed by atoms with van der Waals surface area (Å²) >= 11 is 0. The number of pyridine rings is 2. The molecule has 3 heterocycles. The Morgan fingerprint density at radius 3 is 2.76 bits per heavy atom. The first-order valence-corrected chi connectivity index (χ1v) is 5.17. The number of aryl methyl sites for hydroxylation is 1. The number of hydrogen-bond donors (Lipinski definition) is 1. The normalized spacial score (nSPS) is 10.9. The summed E-state index contributed by atoms with van der Waals surface area (Å²) in [5.41, 5.74) is 3.34. The van der Waals surface area contributed by atoms with Crippen LogP contribution in [0, 0.1) is 0 Å². The SMILES string of the molecule is Cn1cc(-c2cnc3ccc(O)nc3c2)cn1. The summed E-state index contributed by atoms with van der Waals surface area (Å²) in [6, 6.07) is 5.16. The Hall–Kier alpha value is -2.43. The van der Waals surface area contributed by atoms with E-state index in [-0.39, 0.29) is 5.88 Å². The number of hydrogen-bond acceptors (Lipinski definition) is 4. The summed E-state index contributed by atoms with van der Waals surface area (Å²) in [5.74, 6) is 0.00244. The van der Waals surface area contributed by atoms with E-state index in [1.54, 1.807) is 23.1 Å². The molecule has 17 heavy (non-hydrogen) atoms. The zero-order valence-corrected chi connectivity index (χ0v) is 9.20. The molecular formula is C12H10N4O. The summed E-state index contributed by atoms with van der Waals surface area (Å²) in [6.07, 6.45) is 5.45. The van der Waals surface area contributed by atoms with Crippen LogP contribution < -0.4 is 0 Å². The Balaban J connectivity index is 2.18. The average Bonchev–Trinajstić information content (AvgIpc) is 2.75. The van der Waals surface area contributed by atoms with Gasteiger partial charge in [0.25, 0.3) is 0 Å². The molecule has 0 saturated heterocycles. The Morgan fingerprint density at radius 2 is 2.00 bits per heavy atom. The topological polar surface area (TPSA) is 63.8 Å². The van der Waals surface area contributed by atoms with Gasteiger partial charge < -0.3 is 5.11 Å². The number of aromatic nitrogens is 4. The van der Waals surface area contributed by atoms with Gasteiger partial charge >= 0.3 is 0 Å². The Morgan fingerprint density at radius 1 is 1.12 bits per heavy atom. The van der Waals surface area contributed by atoms with Crippen molar-refractivity contribution in [3.63, 3.8) is 0 Å². The van der Waals surface area contributed by atoms with Gasteiger partial charge in [-0.05, 0) is 12.1 Å². The van der Waals surface area contributed by atoms with Crippen molar-refractivity contribution in [1.82, 2.24) is 19.7 Å². The molecule has 0 saturated carbocycles. The van der Waals surface area contributed by atoms with Crippen molar-refractivity contribution in [1.29, 1.82) is 0 Å². The Labute approximate surface area is 97.4 Å². The van der Waals surface area contributed by atoms with E-state index in [1.807, 2.05) is 19.3 Å². The van der Waals surface area contributed by atoms with Gasteiger partial charge in [0.1, 0.15) is 0 Å². The van der Waals surface area contributed by atoms with Gasteiger partial charge in [-0.3, -0.25) is 9.67 Å². The van der Waals surface area contributed by atoms with Gasteiger partial charge in [0.05, 0.1) is 17.2 Å². The number of fused-ring (bicyclic) bond motifs is 1. The molecule has 0 aliphatic rings. The first-order chi connectivity index (χ1) is 8.22.